The van der Waals surface area contributed by atoms with Gasteiger partial charge >= 0.3 is 0 Å². The lowest BCUT2D eigenvalue weighted by Gasteiger charge is -2.17. The summed E-state index contributed by atoms with van der Waals surface area (Å²) in [6.07, 6.45) is 4.19. The van der Waals surface area contributed by atoms with E-state index in [1.807, 2.05) is 46.6 Å². The zero-order valence-corrected chi connectivity index (χ0v) is 12.6. The minimum atomic E-state index is -0.363. The average molecular weight is 314 g/mol. The molecule has 5 heteroatoms. The maximum absolute atomic E-state index is 13.2. The molecule has 3 nitrogen and oxygen atoms in total. The van der Waals surface area contributed by atoms with Gasteiger partial charge in [0, 0.05) is 23.0 Å². The van der Waals surface area contributed by atoms with E-state index in [1.165, 1.54) is 12.1 Å². The van der Waals surface area contributed by atoms with E-state index in [0.717, 1.165) is 4.88 Å². The summed E-state index contributed by atoms with van der Waals surface area (Å²) in [4.78, 5) is 13.4. The van der Waals surface area contributed by atoms with E-state index < -0.39 is 0 Å². The van der Waals surface area contributed by atoms with Gasteiger partial charge in [-0.25, -0.2) is 4.39 Å². The first-order valence-corrected chi connectivity index (χ1v) is 7.81. The molecular weight excluding hydrogens is 299 g/mol. The number of carbonyl (C=O) groups is 1. The third-order valence-corrected chi connectivity index (χ3v) is 4.32. The molecule has 112 valence electrons. The normalized spacial score (nSPS) is 12.0. The molecule has 2 heterocycles. The summed E-state index contributed by atoms with van der Waals surface area (Å²) >= 11 is 1.62. The van der Waals surface area contributed by atoms with Crippen LogP contribution >= 0.6 is 11.3 Å². The predicted molar refractivity (Wildman–Crippen MR) is 86.5 cm³/mol. The molecule has 3 rings (SSSR count). The van der Waals surface area contributed by atoms with Crippen LogP contribution in [-0.4, -0.2) is 10.5 Å². The molecule has 1 unspecified atom stereocenters. The highest BCUT2D eigenvalue weighted by molar-refractivity contribution is 7.10. The van der Waals surface area contributed by atoms with Gasteiger partial charge < -0.3 is 9.88 Å². The van der Waals surface area contributed by atoms with Gasteiger partial charge in [-0.2, -0.15) is 0 Å². The van der Waals surface area contributed by atoms with Crippen LogP contribution in [0.5, 0.6) is 0 Å². The maximum atomic E-state index is 13.2. The Morgan fingerprint density at radius 1 is 1.18 bits per heavy atom. The molecule has 0 aliphatic carbocycles. The summed E-state index contributed by atoms with van der Waals surface area (Å²) < 4.78 is 15.2. The van der Waals surface area contributed by atoms with Crippen LogP contribution in [0.1, 0.15) is 17.3 Å². The average Bonchev–Trinajstić information content (AvgIpc) is 3.18. The van der Waals surface area contributed by atoms with Crippen molar-refractivity contribution in [3.8, 4) is 0 Å². The lowest BCUT2D eigenvalue weighted by molar-refractivity contribution is -0.116. The van der Waals surface area contributed by atoms with Crippen molar-refractivity contribution in [2.45, 2.75) is 12.5 Å². The number of nitrogens with zero attached hydrogens (tertiary/aromatic N) is 1. The van der Waals surface area contributed by atoms with Crippen molar-refractivity contribution in [3.05, 3.63) is 77.0 Å². The third-order valence-electron chi connectivity index (χ3n) is 3.35. The van der Waals surface area contributed by atoms with Crippen LogP contribution in [0.4, 0.5) is 10.1 Å². The fourth-order valence-electron chi connectivity index (χ4n) is 2.34. The molecule has 0 spiro atoms. The van der Waals surface area contributed by atoms with Gasteiger partial charge in [0.1, 0.15) is 5.82 Å². The molecule has 1 aromatic carbocycles. The largest absolute Gasteiger partial charge is 0.346 e. The van der Waals surface area contributed by atoms with Crippen LogP contribution in [0.25, 0.3) is 0 Å². The van der Waals surface area contributed by atoms with E-state index in [9.17, 15) is 9.18 Å². The highest BCUT2D eigenvalue weighted by Crippen LogP contribution is 2.27. The van der Waals surface area contributed by atoms with E-state index in [1.54, 1.807) is 23.5 Å². The molecule has 0 fully saturated rings. The van der Waals surface area contributed by atoms with Gasteiger partial charge in [-0.15, -0.1) is 11.3 Å². The second-order valence-corrected chi connectivity index (χ2v) is 5.90. The summed E-state index contributed by atoms with van der Waals surface area (Å²) in [5, 5.41) is 4.75. The number of amides is 1. The Hall–Kier alpha value is -2.40. The molecule has 0 aliphatic rings. The number of thiophene rings is 1. The first-order valence-electron chi connectivity index (χ1n) is 6.93. The van der Waals surface area contributed by atoms with Gasteiger partial charge in [0.15, 0.2) is 0 Å². The van der Waals surface area contributed by atoms with Crippen LogP contribution in [0.3, 0.4) is 0 Å². The lowest BCUT2D eigenvalue weighted by atomic mass is 10.1. The highest BCUT2D eigenvalue weighted by Gasteiger charge is 2.18. The summed E-state index contributed by atoms with van der Waals surface area (Å²) in [6.45, 7) is 0. The van der Waals surface area contributed by atoms with Gasteiger partial charge in [-0.1, -0.05) is 12.1 Å². The molecule has 0 bridgehead atoms. The molecule has 22 heavy (non-hydrogen) atoms. The second-order valence-electron chi connectivity index (χ2n) is 4.92. The van der Waals surface area contributed by atoms with Crippen molar-refractivity contribution in [1.82, 2.24) is 4.57 Å². The molecule has 0 saturated heterocycles. The first kappa shape index (κ1) is 14.5. The van der Waals surface area contributed by atoms with Crippen molar-refractivity contribution in [2.24, 2.45) is 0 Å². The van der Waals surface area contributed by atoms with Crippen LogP contribution in [-0.2, 0) is 4.79 Å². The van der Waals surface area contributed by atoms with Gasteiger partial charge in [-0.3, -0.25) is 4.79 Å². The Kier molecular flexibility index (Phi) is 4.34. The number of carbonyl (C=O) groups excluding carboxylic acids is 1. The van der Waals surface area contributed by atoms with Crippen molar-refractivity contribution in [2.75, 3.05) is 5.32 Å². The SMILES string of the molecule is O=C(CC(c1cccs1)n1cccc1)Nc1cccc(F)c1. The molecular formula is C17H15FN2OS. The maximum Gasteiger partial charge on any atom is 0.226 e. The molecule has 1 atom stereocenters. The van der Waals surface area contributed by atoms with Crippen LogP contribution in [0.15, 0.2) is 66.3 Å². The van der Waals surface area contributed by atoms with E-state index in [4.69, 9.17) is 0 Å². The summed E-state index contributed by atoms with van der Waals surface area (Å²) in [5.74, 6) is -0.504. The number of halogens is 1. The number of hydrogen-bond donors (Lipinski definition) is 1. The van der Waals surface area contributed by atoms with Crippen molar-refractivity contribution in [3.63, 3.8) is 0 Å². The van der Waals surface area contributed by atoms with Gasteiger partial charge in [-0.05, 0) is 41.8 Å². The quantitative estimate of drug-likeness (QED) is 0.748. The van der Waals surface area contributed by atoms with Gasteiger partial charge in [0.2, 0.25) is 5.91 Å². The van der Waals surface area contributed by atoms with E-state index in [-0.39, 0.29) is 17.8 Å². The Morgan fingerprint density at radius 3 is 2.68 bits per heavy atom. The standard InChI is InChI=1S/C17H15FN2OS/c18-13-5-3-6-14(11-13)19-17(21)12-15(16-7-4-10-22-16)20-8-1-2-9-20/h1-11,15H,12H2,(H,19,21). The molecule has 1 N–H and O–H groups in total. The summed E-state index contributed by atoms with van der Waals surface area (Å²) in [5.41, 5.74) is 0.474. The molecule has 0 aliphatic heterocycles. The third kappa shape index (κ3) is 3.43. The fraction of sp³-hybridized carbons (Fsp3) is 0.118. The highest BCUT2D eigenvalue weighted by atomic mass is 32.1. The van der Waals surface area contributed by atoms with E-state index in [0.29, 0.717) is 12.1 Å². The summed E-state index contributed by atoms with van der Waals surface area (Å²) in [7, 11) is 0. The molecule has 2 aromatic heterocycles. The summed E-state index contributed by atoms with van der Waals surface area (Å²) in [6, 6.07) is 13.7. The number of nitrogens with one attached hydrogen (secondary N) is 1. The van der Waals surface area contributed by atoms with Gasteiger partial charge in [0.25, 0.3) is 0 Å². The topological polar surface area (TPSA) is 34.0 Å². The number of rotatable bonds is 5. The molecule has 1 amide bonds. The fourth-order valence-corrected chi connectivity index (χ4v) is 3.18. The number of benzene rings is 1. The van der Waals surface area contributed by atoms with Crippen LogP contribution in [0.2, 0.25) is 0 Å². The van der Waals surface area contributed by atoms with Crippen LogP contribution in [0, 0.1) is 5.82 Å². The van der Waals surface area contributed by atoms with E-state index in [2.05, 4.69) is 5.32 Å². The minimum Gasteiger partial charge on any atom is -0.346 e. The van der Waals surface area contributed by atoms with Crippen molar-refractivity contribution >= 4 is 22.9 Å². The zero-order chi connectivity index (χ0) is 15.4. The van der Waals surface area contributed by atoms with Gasteiger partial charge in [0.05, 0.1) is 12.5 Å². The Bertz CT molecular complexity index is 704. The second kappa shape index (κ2) is 6.58. The molecule has 0 radical (unpaired) electrons. The smallest absolute Gasteiger partial charge is 0.226 e. The Labute approximate surface area is 132 Å². The molecule has 3 aromatic rings. The van der Waals surface area contributed by atoms with E-state index >= 15 is 0 Å². The number of aromatic nitrogens is 1. The predicted octanol–water partition coefficient (Wildman–Crippen LogP) is 4.31. The first-order chi connectivity index (χ1) is 10.7. The Morgan fingerprint density at radius 2 is 2.00 bits per heavy atom. The minimum absolute atomic E-state index is 0.0523. The molecule has 0 saturated carbocycles. The zero-order valence-electron chi connectivity index (χ0n) is 11.8. The Balaban J connectivity index is 1.75. The van der Waals surface area contributed by atoms with Crippen molar-refractivity contribution in [1.29, 1.82) is 0 Å². The van der Waals surface area contributed by atoms with Crippen LogP contribution < -0.4 is 5.32 Å². The lowest BCUT2D eigenvalue weighted by Crippen LogP contribution is -2.19. The van der Waals surface area contributed by atoms with Crippen molar-refractivity contribution < 1.29 is 9.18 Å². The number of hydrogen-bond acceptors (Lipinski definition) is 2. The monoisotopic (exact) mass is 314 g/mol. The number of anilines is 1.